The van der Waals surface area contributed by atoms with E-state index in [1.807, 2.05) is 12.3 Å². The second kappa shape index (κ2) is 8.86. The van der Waals surface area contributed by atoms with Crippen LogP contribution in [0.2, 0.25) is 0 Å². The summed E-state index contributed by atoms with van der Waals surface area (Å²) in [5, 5.41) is 12.1. The summed E-state index contributed by atoms with van der Waals surface area (Å²) < 4.78 is 0. The number of rotatable bonds is 2. The summed E-state index contributed by atoms with van der Waals surface area (Å²) in [5.41, 5.74) is 14.9. The van der Waals surface area contributed by atoms with Crippen molar-refractivity contribution in [3.05, 3.63) is 174 Å². The van der Waals surface area contributed by atoms with Crippen molar-refractivity contribution in [1.82, 2.24) is 4.98 Å². The van der Waals surface area contributed by atoms with E-state index < -0.39 is 5.41 Å². The molecule has 43 heavy (non-hydrogen) atoms. The van der Waals surface area contributed by atoms with Gasteiger partial charge in [0.2, 0.25) is 0 Å². The van der Waals surface area contributed by atoms with E-state index in [1.165, 1.54) is 61.0 Å². The number of benzene rings is 6. The average molecular weight is 545 g/mol. The van der Waals surface area contributed by atoms with Crippen molar-refractivity contribution in [2.45, 2.75) is 5.41 Å². The fourth-order valence-corrected chi connectivity index (χ4v) is 7.69. The molecule has 9 rings (SSSR count). The number of hydrogen-bond donors (Lipinski definition) is 0. The molecule has 2 aliphatic rings. The Morgan fingerprint density at radius 2 is 1.14 bits per heavy atom. The van der Waals surface area contributed by atoms with Gasteiger partial charge in [-0.25, -0.2) is 0 Å². The molecule has 0 saturated heterocycles. The van der Waals surface area contributed by atoms with E-state index in [2.05, 4.69) is 138 Å². The van der Waals surface area contributed by atoms with E-state index >= 15 is 0 Å². The lowest BCUT2D eigenvalue weighted by atomic mass is 9.69. The largest absolute Gasteiger partial charge is 0.263 e. The molecule has 0 atom stereocenters. The van der Waals surface area contributed by atoms with Crippen molar-refractivity contribution in [3.63, 3.8) is 0 Å². The zero-order valence-corrected chi connectivity index (χ0v) is 23.3. The monoisotopic (exact) mass is 544 g/mol. The third kappa shape index (κ3) is 3.14. The number of fused-ring (bicyclic) bond motifs is 12. The molecule has 0 amide bonds. The Bertz CT molecular complexity index is 2260. The van der Waals surface area contributed by atoms with Crippen molar-refractivity contribution in [1.29, 1.82) is 5.26 Å². The molecule has 0 bridgehead atoms. The van der Waals surface area contributed by atoms with Crippen molar-refractivity contribution >= 4 is 10.8 Å². The van der Waals surface area contributed by atoms with Gasteiger partial charge in [-0.15, -0.1) is 0 Å². The lowest BCUT2D eigenvalue weighted by Crippen LogP contribution is -2.26. The van der Waals surface area contributed by atoms with E-state index in [1.54, 1.807) is 6.20 Å². The van der Waals surface area contributed by atoms with Crippen LogP contribution in [0.5, 0.6) is 0 Å². The van der Waals surface area contributed by atoms with Crippen LogP contribution in [0, 0.1) is 11.3 Å². The van der Waals surface area contributed by atoms with Crippen molar-refractivity contribution in [2.24, 2.45) is 0 Å². The Morgan fingerprint density at radius 1 is 0.465 bits per heavy atom. The highest BCUT2D eigenvalue weighted by Gasteiger charge is 2.52. The summed E-state index contributed by atoms with van der Waals surface area (Å²) in [6.45, 7) is 0. The van der Waals surface area contributed by atoms with Crippen molar-refractivity contribution < 1.29 is 0 Å². The molecule has 2 nitrogen and oxygen atoms in total. The van der Waals surface area contributed by atoms with Gasteiger partial charge in [0.25, 0.3) is 0 Å². The first-order valence-electron chi connectivity index (χ1n) is 14.6. The minimum atomic E-state index is -0.484. The minimum Gasteiger partial charge on any atom is -0.263 e. The summed E-state index contributed by atoms with van der Waals surface area (Å²) >= 11 is 0. The summed E-state index contributed by atoms with van der Waals surface area (Å²) in [6.07, 6.45) is 3.51. The third-order valence-electron chi connectivity index (χ3n) is 9.38. The maximum absolute atomic E-state index is 9.71. The molecule has 1 aromatic heterocycles. The second-order valence-corrected chi connectivity index (χ2v) is 11.4. The first-order chi connectivity index (χ1) is 21.3. The molecular weight excluding hydrogens is 520 g/mol. The molecular formula is C41H24N2. The number of nitrogens with zero attached hydrogens (tertiary/aromatic N) is 2. The number of hydrogen-bond acceptors (Lipinski definition) is 2. The van der Waals surface area contributed by atoms with Crippen LogP contribution in [0.25, 0.3) is 55.3 Å². The molecule has 0 radical (unpaired) electrons. The SMILES string of the molecule is N#Cc1cncc(-c2cc3c(c4ccccc24)-c2ccc(-c4ccccc4)cc2C32c3ccccc3-c3ccccc32)c1. The molecule has 0 N–H and O–H groups in total. The lowest BCUT2D eigenvalue weighted by Gasteiger charge is -2.31. The van der Waals surface area contributed by atoms with Crippen LogP contribution in [0.4, 0.5) is 0 Å². The van der Waals surface area contributed by atoms with Gasteiger partial charge in [0.1, 0.15) is 6.07 Å². The molecule has 7 aromatic rings. The summed E-state index contributed by atoms with van der Waals surface area (Å²) in [4.78, 5) is 4.46. The van der Waals surface area contributed by atoms with Crippen LogP contribution in [0.1, 0.15) is 27.8 Å². The summed E-state index contributed by atoms with van der Waals surface area (Å²) in [5.74, 6) is 0. The first kappa shape index (κ1) is 23.9. The molecule has 2 aliphatic carbocycles. The van der Waals surface area contributed by atoms with Gasteiger partial charge in [-0.1, -0.05) is 115 Å². The van der Waals surface area contributed by atoms with E-state index in [4.69, 9.17) is 0 Å². The van der Waals surface area contributed by atoms with Gasteiger partial charge in [-0.05, 0) is 90.2 Å². The van der Waals surface area contributed by atoms with Crippen LogP contribution in [-0.4, -0.2) is 4.98 Å². The minimum absolute atomic E-state index is 0.484. The molecule has 2 heteroatoms. The Kier molecular flexibility index (Phi) is 4.92. The highest BCUT2D eigenvalue weighted by Crippen LogP contribution is 2.64. The Hall–Kier alpha value is -5.78. The van der Waals surface area contributed by atoms with Crippen molar-refractivity contribution in [2.75, 3.05) is 0 Å². The van der Waals surface area contributed by atoms with Crippen LogP contribution >= 0.6 is 0 Å². The molecule has 0 unspecified atom stereocenters. The number of nitriles is 1. The normalized spacial score (nSPS) is 13.3. The predicted octanol–water partition coefficient (Wildman–Crippen LogP) is 9.78. The smallest absolute Gasteiger partial charge is 0.101 e. The van der Waals surface area contributed by atoms with E-state index in [9.17, 15) is 5.26 Å². The molecule has 1 spiro atoms. The lowest BCUT2D eigenvalue weighted by molar-refractivity contribution is 0.795. The van der Waals surface area contributed by atoms with Gasteiger partial charge in [0.05, 0.1) is 11.0 Å². The van der Waals surface area contributed by atoms with Gasteiger partial charge >= 0.3 is 0 Å². The van der Waals surface area contributed by atoms with Gasteiger partial charge in [0, 0.05) is 18.0 Å². The zero-order valence-electron chi connectivity index (χ0n) is 23.3. The highest BCUT2D eigenvalue weighted by molar-refractivity contribution is 6.11. The first-order valence-corrected chi connectivity index (χ1v) is 14.6. The van der Waals surface area contributed by atoms with Crippen LogP contribution in [-0.2, 0) is 5.41 Å². The molecule has 0 aliphatic heterocycles. The number of pyridine rings is 1. The second-order valence-electron chi connectivity index (χ2n) is 11.4. The summed E-state index contributed by atoms with van der Waals surface area (Å²) in [6, 6.07) is 50.8. The topological polar surface area (TPSA) is 36.7 Å². The van der Waals surface area contributed by atoms with Gasteiger partial charge in [-0.2, -0.15) is 5.26 Å². The predicted molar refractivity (Wildman–Crippen MR) is 174 cm³/mol. The fraction of sp³-hybridized carbons (Fsp3) is 0.0244. The number of aromatic nitrogens is 1. The van der Waals surface area contributed by atoms with E-state index in [0.717, 1.165) is 16.5 Å². The van der Waals surface area contributed by atoms with Crippen molar-refractivity contribution in [3.8, 4) is 50.6 Å². The molecule has 0 saturated carbocycles. The molecule has 6 aromatic carbocycles. The standard InChI is InChI=1S/C41H24N2/c42-23-26-20-29(25-43-24-26)35-22-39-40(33-15-5-4-12-30(33)35)34-19-18-28(27-10-2-1-3-11-27)21-38(34)41(39)36-16-8-6-13-31(36)32-14-7-9-17-37(32)41/h1-22,24-25H. The van der Waals surface area contributed by atoms with Crippen LogP contribution in [0.3, 0.4) is 0 Å². The highest BCUT2D eigenvalue weighted by atomic mass is 14.6. The van der Waals surface area contributed by atoms with Gasteiger partial charge < -0.3 is 0 Å². The van der Waals surface area contributed by atoms with E-state index in [-0.39, 0.29) is 0 Å². The maximum Gasteiger partial charge on any atom is 0.101 e. The molecule has 0 fully saturated rings. The van der Waals surface area contributed by atoms with E-state index in [0.29, 0.717) is 5.56 Å². The van der Waals surface area contributed by atoms with Gasteiger partial charge in [0.15, 0.2) is 0 Å². The van der Waals surface area contributed by atoms with Crippen LogP contribution < -0.4 is 0 Å². The fourth-order valence-electron chi connectivity index (χ4n) is 7.69. The Morgan fingerprint density at radius 3 is 1.88 bits per heavy atom. The maximum atomic E-state index is 9.71. The third-order valence-corrected chi connectivity index (χ3v) is 9.38. The molecule has 1 heterocycles. The Labute approximate surface area is 250 Å². The Balaban J connectivity index is 1.47. The average Bonchev–Trinajstić information content (AvgIpc) is 3.55. The zero-order chi connectivity index (χ0) is 28.5. The van der Waals surface area contributed by atoms with Gasteiger partial charge in [-0.3, -0.25) is 4.98 Å². The summed E-state index contributed by atoms with van der Waals surface area (Å²) in [7, 11) is 0. The molecule has 198 valence electrons. The van der Waals surface area contributed by atoms with Crippen LogP contribution in [0.15, 0.2) is 146 Å². The quantitative estimate of drug-likeness (QED) is 0.217.